The molecule has 2 aromatic heterocycles. The average molecular weight is 498 g/mol. The molecule has 7 nitrogen and oxygen atoms in total. The van der Waals surface area contributed by atoms with Crippen molar-refractivity contribution in [3.05, 3.63) is 108 Å². The van der Waals surface area contributed by atoms with Gasteiger partial charge >= 0.3 is 5.97 Å². The second kappa shape index (κ2) is 9.98. The first-order valence-electron chi connectivity index (χ1n) is 11.3. The first-order valence-corrected chi connectivity index (χ1v) is 11.3. The van der Waals surface area contributed by atoms with Crippen molar-refractivity contribution < 1.29 is 23.1 Å². The molecular weight excluding hydrogens is 478 g/mol. The molecule has 0 aliphatic rings. The highest BCUT2D eigenvalue weighted by molar-refractivity contribution is 6.06. The third kappa shape index (κ3) is 4.92. The first kappa shape index (κ1) is 23.8. The Labute approximate surface area is 210 Å². The third-order valence-electron chi connectivity index (χ3n) is 5.64. The highest BCUT2D eigenvalue weighted by Gasteiger charge is 2.22. The number of halogens is 2. The molecule has 5 rings (SSSR count). The number of ether oxygens (including phenoxy) is 1. The Morgan fingerprint density at radius 3 is 2.32 bits per heavy atom. The van der Waals surface area contributed by atoms with E-state index in [9.17, 15) is 18.4 Å². The lowest BCUT2D eigenvalue weighted by Gasteiger charge is -2.10. The summed E-state index contributed by atoms with van der Waals surface area (Å²) < 4.78 is 33.5. The maximum Gasteiger partial charge on any atom is 0.339 e. The number of nitrogens with one attached hydrogen (secondary N) is 1. The largest absolute Gasteiger partial charge is 0.452 e. The van der Waals surface area contributed by atoms with Crippen LogP contribution < -0.4 is 5.32 Å². The monoisotopic (exact) mass is 498 g/mol. The number of rotatable bonds is 6. The van der Waals surface area contributed by atoms with E-state index in [1.165, 1.54) is 6.07 Å². The molecule has 0 saturated heterocycles. The Hall–Kier alpha value is -4.92. The van der Waals surface area contributed by atoms with Gasteiger partial charge in [0.2, 0.25) is 0 Å². The van der Waals surface area contributed by atoms with E-state index in [1.54, 1.807) is 17.7 Å². The summed E-state index contributed by atoms with van der Waals surface area (Å²) in [5.41, 5.74) is 3.34. The fourth-order valence-electron chi connectivity index (χ4n) is 3.94. The lowest BCUT2D eigenvalue weighted by molar-refractivity contribution is -0.119. The van der Waals surface area contributed by atoms with Gasteiger partial charge in [0.25, 0.3) is 5.91 Å². The molecule has 0 atom stereocenters. The molecular formula is C28H20F2N4O3. The van der Waals surface area contributed by atoms with Crippen molar-refractivity contribution in [3.63, 3.8) is 0 Å². The number of carbonyl (C=O) groups excluding carboxylic acids is 2. The highest BCUT2D eigenvalue weighted by Crippen LogP contribution is 2.29. The van der Waals surface area contributed by atoms with Gasteiger partial charge in [-0.25, -0.2) is 23.2 Å². The van der Waals surface area contributed by atoms with Crippen LogP contribution in [0.3, 0.4) is 0 Å². The predicted molar refractivity (Wildman–Crippen MR) is 134 cm³/mol. The summed E-state index contributed by atoms with van der Waals surface area (Å²) in [4.78, 5) is 30.3. The molecule has 184 valence electrons. The van der Waals surface area contributed by atoms with Crippen molar-refractivity contribution in [3.8, 4) is 16.9 Å². The summed E-state index contributed by atoms with van der Waals surface area (Å²) in [6, 6.07) is 23.3. The zero-order chi connectivity index (χ0) is 25.9. The number of aryl methyl sites for hydroxylation is 1. The molecule has 9 heteroatoms. The molecule has 0 saturated carbocycles. The predicted octanol–water partition coefficient (Wildman–Crippen LogP) is 5.47. The Kier molecular flexibility index (Phi) is 6.42. The van der Waals surface area contributed by atoms with Crippen LogP contribution in [0.4, 0.5) is 14.5 Å². The fraction of sp³-hybridized carbons (Fsp3) is 0.0714. The zero-order valence-electron chi connectivity index (χ0n) is 19.6. The van der Waals surface area contributed by atoms with Crippen LogP contribution in [-0.4, -0.2) is 33.2 Å². The first-order chi connectivity index (χ1) is 17.9. The minimum Gasteiger partial charge on any atom is -0.452 e. The number of aromatic nitrogens is 3. The van der Waals surface area contributed by atoms with E-state index in [0.717, 1.165) is 23.4 Å². The molecule has 0 spiro atoms. The van der Waals surface area contributed by atoms with E-state index in [2.05, 4.69) is 10.4 Å². The summed E-state index contributed by atoms with van der Waals surface area (Å²) in [6.45, 7) is 1.13. The topological polar surface area (TPSA) is 86.1 Å². The number of hydrogen-bond acceptors (Lipinski definition) is 5. The summed E-state index contributed by atoms with van der Waals surface area (Å²) in [5, 5.41) is 7.48. The van der Waals surface area contributed by atoms with Crippen LogP contribution >= 0.6 is 0 Å². The van der Waals surface area contributed by atoms with Crippen LogP contribution in [0, 0.1) is 18.6 Å². The number of nitrogens with zero attached hydrogens (tertiary/aromatic N) is 3. The number of para-hydroxylation sites is 1. The van der Waals surface area contributed by atoms with Gasteiger partial charge in [-0.1, -0.05) is 48.5 Å². The van der Waals surface area contributed by atoms with Crippen LogP contribution in [0.25, 0.3) is 28.0 Å². The number of amides is 1. The molecule has 1 amide bonds. The van der Waals surface area contributed by atoms with Gasteiger partial charge in [-0.3, -0.25) is 4.79 Å². The Bertz CT molecular complexity index is 1620. The van der Waals surface area contributed by atoms with Gasteiger partial charge in [0.05, 0.1) is 28.0 Å². The van der Waals surface area contributed by atoms with Gasteiger partial charge in [0, 0.05) is 17.3 Å². The minimum absolute atomic E-state index is 0.0394. The molecule has 0 fully saturated rings. The van der Waals surface area contributed by atoms with Gasteiger partial charge in [-0.2, -0.15) is 5.10 Å². The van der Waals surface area contributed by atoms with Crippen LogP contribution in [0.15, 0.2) is 84.9 Å². The molecule has 3 aromatic carbocycles. The molecule has 1 N–H and O–H groups in total. The maximum atomic E-state index is 13.4. The summed E-state index contributed by atoms with van der Waals surface area (Å²) in [7, 11) is 0. The van der Waals surface area contributed by atoms with Gasteiger partial charge in [0.15, 0.2) is 23.9 Å². The third-order valence-corrected chi connectivity index (χ3v) is 5.64. The van der Waals surface area contributed by atoms with E-state index in [4.69, 9.17) is 9.72 Å². The van der Waals surface area contributed by atoms with Crippen molar-refractivity contribution in [2.24, 2.45) is 0 Å². The van der Waals surface area contributed by atoms with E-state index in [-0.39, 0.29) is 11.3 Å². The van der Waals surface area contributed by atoms with E-state index in [1.807, 2.05) is 60.7 Å². The van der Waals surface area contributed by atoms with Gasteiger partial charge in [-0.05, 0) is 37.3 Å². The minimum atomic E-state index is -1.10. The molecule has 0 aliphatic heterocycles. The Morgan fingerprint density at radius 1 is 0.919 bits per heavy atom. The molecule has 37 heavy (non-hydrogen) atoms. The van der Waals surface area contributed by atoms with Crippen LogP contribution in [0.5, 0.6) is 0 Å². The van der Waals surface area contributed by atoms with Crippen molar-refractivity contribution in [2.45, 2.75) is 6.92 Å². The smallest absolute Gasteiger partial charge is 0.339 e. The van der Waals surface area contributed by atoms with Crippen molar-refractivity contribution in [1.82, 2.24) is 14.8 Å². The lowest BCUT2D eigenvalue weighted by Crippen LogP contribution is -2.21. The molecule has 0 radical (unpaired) electrons. The van der Waals surface area contributed by atoms with Crippen molar-refractivity contribution in [1.29, 1.82) is 0 Å². The molecule has 5 aromatic rings. The average Bonchev–Trinajstić information content (AvgIpc) is 3.26. The summed E-state index contributed by atoms with van der Waals surface area (Å²) >= 11 is 0. The summed E-state index contributed by atoms with van der Waals surface area (Å²) in [6.07, 6.45) is 0. The Morgan fingerprint density at radius 2 is 1.62 bits per heavy atom. The highest BCUT2D eigenvalue weighted by atomic mass is 19.2. The van der Waals surface area contributed by atoms with E-state index >= 15 is 0 Å². The number of hydrogen-bond donors (Lipinski definition) is 1. The number of fused-ring (bicyclic) bond motifs is 1. The van der Waals surface area contributed by atoms with Crippen molar-refractivity contribution >= 4 is 28.6 Å². The molecule has 2 heterocycles. The van der Waals surface area contributed by atoms with Crippen LogP contribution in [-0.2, 0) is 9.53 Å². The van der Waals surface area contributed by atoms with Crippen LogP contribution in [0.1, 0.15) is 16.1 Å². The molecule has 0 unspecified atom stereocenters. The number of pyridine rings is 1. The summed E-state index contributed by atoms with van der Waals surface area (Å²) in [5.74, 6) is -3.59. The number of benzene rings is 3. The van der Waals surface area contributed by atoms with Gasteiger partial charge in [-0.15, -0.1) is 0 Å². The lowest BCUT2D eigenvalue weighted by atomic mass is 10.1. The SMILES string of the molecule is Cc1nn(-c2ccccc2)c2nc(-c3ccccc3)cc(C(=O)OCC(=O)Nc3ccc(F)c(F)c3)c12. The second-order valence-corrected chi connectivity index (χ2v) is 8.21. The van der Waals surface area contributed by atoms with Crippen LogP contribution in [0.2, 0.25) is 0 Å². The standard InChI is InChI=1S/C28H20F2N4O3/c1-17-26-21(28(36)37-16-25(35)31-19-12-13-22(29)23(30)14-19)15-24(18-8-4-2-5-9-18)32-27(26)34(33-17)20-10-6-3-7-11-20/h2-15H,16H2,1H3,(H,31,35). The van der Waals surface area contributed by atoms with E-state index < -0.39 is 30.1 Å². The number of carbonyl (C=O) groups is 2. The van der Waals surface area contributed by atoms with E-state index in [0.29, 0.717) is 22.4 Å². The zero-order valence-corrected chi connectivity index (χ0v) is 19.6. The quantitative estimate of drug-likeness (QED) is 0.314. The van der Waals surface area contributed by atoms with Gasteiger partial charge in [0.1, 0.15) is 0 Å². The normalized spacial score (nSPS) is 10.9. The second-order valence-electron chi connectivity index (χ2n) is 8.21. The molecule has 0 bridgehead atoms. The maximum absolute atomic E-state index is 13.4. The van der Waals surface area contributed by atoms with Gasteiger partial charge < -0.3 is 10.1 Å². The fourth-order valence-corrected chi connectivity index (χ4v) is 3.94. The molecule has 0 aliphatic carbocycles. The number of esters is 1. The Balaban J connectivity index is 1.49. The van der Waals surface area contributed by atoms with Crippen molar-refractivity contribution in [2.75, 3.05) is 11.9 Å². The number of anilines is 1.